The van der Waals surface area contributed by atoms with Gasteiger partial charge in [0, 0.05) is 25.2 Å². The number of hydrogen-bond donors (Lipinski definition) is 1. The third kappa shape index (κ3) is 3.62. The SMILES string of the molecule is CC(C)CCC(C)(CN)N1CCc2ccccc2CC1. The molecule has 1 unspecified atom stereocenters. The standard InChI is InChI=1S/C18H30N2/c1-15(2)8-11-18(3,14-19)20-12-9-16-6-4-5-7-17(16)10-13-20/h4-7,15H,8-14,19H2,1-3H3. The highest BCUT2D eigenvalue weighted by molar-refractivity contribution is 5.28. The average Bonchev–Trinajstić information content (AvgIpc) is 2.67. The normalized spacial score (nSPS) is 19.4. The van der Waals surface area contributed by atoms with Crippen LogP contribution in [0.25, 0.3) is 0 Å². The van der Waals surface area contributed by atoms with Crippen LogP contribution in [0.15, 0.2) is 24.3 Å². The van der Waals surface area contributed by atoms with Gasteiger partial charge >= 0.3 is 0 Å². The summed E-state index contributed by atoms with van der Waals surface area (Å²) in [6.45, 7) is 10.00. The second kappa shape index (κ2) is 6.73. The highest BCUT2D eigenvalue weighted by Crippen LogP contribution is 2.26. The van der Waals surface area contributed by atoms with Crippen molar-refractivity contribution in [2.24, 2.45) is 11.7 Å². The lowest BCUT2D eigenvalue weighted by atomic mass is 9.90. The van der Waals surface area contributed by atoms with Gasteiger partial charge in [0.2, 0.25) is 0 Å². The van der Waals surface area contributed by atoms with Crippen LogP contribution < -0.4 is 5.73 Å². The molecule has 2 nitrogen and oxygen atoms in total. The van der Waals surface area contributed by atoms with E-state index < -0.39 is 0 Å². The molecule has 1 atom stereocenters. The molecule has 1 heterocycles. The third-order valence-corrected chi connectivity index (χ3v) is 4.88. The van der Waals surface area contributed by atoms with E-state index in [0.29, 0.717) is 0 Å². The number of rotatable bonds is 5. The molecule has 0 saturated carbocycles. The molecule has 2 N–H and O–H groups in total. The van der Waals surface area contributed by atoms with Crippen molar-refractivity contribution >= 4 is 0 Å². The van der Waals surface area contributed by atoms with Crippen molar-refractivity contribution in [1.82, 2.24) is 4.90 Å². The fourth-order valence-electron chi connectivity index (χ4n) is 3.20. The van der Waals surface area contributed by atoms with Crippen LogP contribution in [0.4, 0.5) is 0 Å². The summed E-state index contributed by atoms with van der Waals surface area (Å²) in [5, 5.41) is 0. The minimum absolute atomic E-state index is 0.159. The number of hydrogen-bond acceptors (Lipinski definition) is 2. The summed E-state index contributed by atoms with van der Waals surface area (Å²) < 4.78 is 0. The van der Waals surface area contributed by atoms with E-state index in [1.165, 1.54) is 24.0 Å². The summed E-state index contributed by atoms with van der Waals surface area (Å²) in [5.74, 6) is 0.755. The average molecular weight is 274 g/mol. The first-order valence-electron chi connectivity index (χ1n) is 8.07. The lowest BCUT2D eigenvalue weighted by molar-refractivity contribution is 0.101. The Hall–Kier alpha value is -0.860. The van der Waals surface area contributed by atoms with Crippen LogP contribution in [0.5, 0.6) is 0 Å². The quantitative estimate of drug-likeness (QED) is 0.893. The Morgan fingerprint density at radius 3 is 2.15 bits per heavy atom. The Kier molecular flexibility index (Phi) is 5.22. The van der Waals surface area contributed by atoms with Crippen molar-refractivity contribution in [2.45, 2.75) is 52.0 Å². The fraction of sp³-hybridized carbons (Fsp3) is 0.667. The molecule has 1 aromatic carbocycles. The van der Waals surface area contributed by atoms with E-state index >= 15 is 0 Å². The first-order valence-corrected chi connectivity index (χ1v) is 8.07. The van der Waals surface area contributed by atoms with E-state index in [1.54, 1.807) is 0 Å². The molecule has 1 aromatic rings. The summed E-state index contributed by atoms with van der Waals surface area (Å²) in [7, 11) is 0. The van der Waals surface area contributed by atoms with Crippen molar-refractivity contribution in [3.63, 3.8) is 0 Å². The minimum atomic E-state index is 0.159. The van der Waals surface area contributed by atoms with E-state index in [4.69, 9.17) is 5.73 Å². The second-order valence-electron chi connectivity index (χ2n) is 6.89. The van der Waals surface area contributed by atoms with Crippen molar-refractivity contribution < 1.29 is 0 Å². The molecule has 0 bridgehead atoms. The number of nitrogens with zero attached hydrogens (tertiary/aromatic N) is 1. The zero-order chi connectivity index (χ0) is 14.6. The Bertz CT molecular complexity index is 400. The maximum atomic E-state index is 6.14. The van der Waals surface area contributed by atoms with Gasteiger partial charge in [-0.05, 0) is 49.7 Å². The first kappa shape index (κ1) is 15.5. The van der Waals surface area contributed by atoms with E-state index in [-0.39, 0.29) is 5.54 Å². The summed E-state index contributed by atoms with van der Waals surface area (Å²) in [6, 6.07) is 8.89. The van der Waals surface area contributed by atoms with Crippen molar-refractivity contribution in [2.75, 3.05) is 19.6 Å². The summed E-state index contributed by atoms with van der Waals surface area (Å²) in [5.41, 5.74) is 9.35. The summed E-state index contributed by atoms with van der Waals surface area (Å²) in [4.78, 5) is 2.63. The van der Waals surface area contributed by atoms with Crippen molar-refractivity contribution in [3.8, 4) is 0 Å². The van der Waals surface area contributed by atoms with Gasteiger partial charge in [-0.1, -0.05) is 38.1 Å². The lowest BCUT2D eigenvalue weighted by Gasteiger charge is -2.41. The van der Waals surface area contributed by atoms with Crippen LogP contribution in [-0.2, 0) is 12.8 Å². The van der Waals surface area contributed by atoms with Gasteiger partial charge in [-0.25, -0.2) is 0 Å². The fourth-order valence-corrected chi connectivity index (χ4v) is 3.20. The van der Waals surface area contributed by atoms with Gasteiger partial charge in [-0.3, -0.25) is 4.90 Å². The van der Waals surface area contributed by atoms with Crippen LogP contribution in [-0.4, -0.2) is 30.1 Å². The maximum absolute atomic E-state index is 6.14. The summed E-state index contributed by atoms with van der Waals surface area (Å²) >= 11 is 0. The monoisotopic (exact) mass is 274 g/mol. The zero-order valence-corrected chi connectivity index (χ0v) is 13.4. The van der Waals surface area contributed by atoms with E-state index in [0.717, 1.165) is 38.4 Å². The van der Waals surface area contributed by atoms with Gasteiger partial charge in [-0.2, -0.15) is 0 Å². The van der Waals surface area contributed by atoms with Crippen molar-refractivity contribution in [3.05, 3.63) is 35.4 Å². The highest BCUT2D eigenvalue weighted by Gasteiger charge is 2.31. The highest BCUT2D eigenvalue weighted by atomic mass is 15.2. The van der Waals surface area contributed by atoms with Gasteiger partial charge in [0.25, 0.3) is 0 Å². The molecule has 112 valence electrons. The molecule has 0 aliphatic carbocycles. The molecule has 20 heavy (non-hydrogen) atoms. The molecule has 2 heteroatoms. The van der Waals surface area contributed by atoms with E-state index in [2.05, 4.69) is 49.9 Å². The zero-order valence-electron chi connectivity index (χ0n) is 13.4. The Balaban J connectivity index is 2.06. The molecule has 0 radical (unpaired) electrons. The molecule has 1 aliphatic heterocycles. The van der Waals surface area contributed by atoms with Crippen LogP contribution in [0.2, 0.25) is 0 Å². The van der Waals surface area contributed by atoms with Crippen LogP contribution in [0.3, 0.4) is 0 Å². The second-order valence-corrected chi connectivity index (χ2v) is 6.89. The maximum Gasteiger partial charge on any atom is 0.0303 e. The largest absolute Gasteiger partial charge is 0.329 e. The smallest absolute Gasteiger partial charge is 0.0303 e. The van der Waals surface area contributed by atoms with Gasteiger partial charge in [0.05, 0.1) is 0 Å². The Labute approximate surface area is 124 Å². The molecular formula is C18H30N2. The first-order chi connectivity index (χ1) is 9.55. The minimum Gasteiger partial charge on any atom is -0.329 e. The number of nitrogens with two attached hydrogens (primary N) is 1. The van der Waals surface area contributed by atoms with Gasteiger partial charge < -0.3 is 5.73 Å². The van der Waals surface area contributed by atoms with Crippen LogP contribution in [0.1, 0.15) is 44.7 Å². The third-order valence-electron chi connectivity index (χ3n) is 4.88. The molecule has 0 fully saturated rings. The molecular weight excluding hydrogens is 244 g/mol. The number of fused-ring (bicyclic) bond motifs is 1. The number of benzene rings is 1. The topological polar surface area (TPSA) is 29.3 Å². The molecule has 2 rings (SSSR count). The van der Waals surface area contributed by atoms with E-state index in [9.17, 15) is 0 Å². The Morgan fingerprint density at radius 1 is 1.15 bits per heavy atom. The van der Waals surface area contributed by atoms with E-state index in [1.807, 2.05) is 0 Å². The van der Waals surface area contributed by atoms with Crippen molar-refractivity contribution in [1.29, 1.82) is 0 Å². The Morgan fingerprint density at radius 2 is 1.70 bits per heavy atom. The van der Waals surface area contributed by atoms with Crippen LogP contribution in [0, 0.1) is 5.92 Å². The molecule has 1 aliphatic rings. The predicted molar refractivity (Wildman–Crippen MR) is 87.0 cm³/mol. The molecule has 0 spiro atoms. The van der Waals surface area contributed by atoms with Gasteiger partial charge in [-0.15, -0.1) is 0 Å². The lowest BCUT2D eigenvalue weighted by Crippen LogP contribution is -2.52. The van der Waals surface area contributed by atoms with Gasteiger partial charge in [0.1, 0.15) is 0 Å². The van der Waals surface area contributed by atoms with Crippen LogP contribution >= 0.6 is 0 Å². The molecule has 0 amide bonds. The molecule has 0 saturated heterocycles. The van der Waals surface area contributed by atoms with Gasteiger partial charge in [0.15, 0.2) is 0 Å². The predicted octanol–water partition coefficient (Wildman–Crippen LogP) is 3.24. The molecule has 0 aromatic heterocycles. The summed E-state index contributed by atoms with van der Waals surface area (Å²) in [6.07, 6.45) is 4.79.